The second-order valence-corrected chi connectivity index (χ2v) is 4.30. The predicted octanol–water partition coefficient (Wildman–Crippen LogP) is 3.07. The van der Waals surface area contributed by atoms with E-state index in [1.54, 1.807) is 0 Å². The lowest BCUT2D eigenvalue weighted by molar-refractivity contribution is -0.118. The zero-order chi connectivity index (χ0) is 9.97. The van der Waals surface area contributed by atoms with Gasteiger partial charge < -0.3 is 0 Å². The second-order valence-electron chi connectivity index (χ2n) is 3.74. The summed E-state index contributed by atoms with van der Waals surface area (Å²) in [5.74, 6) is 0.455. The summed E-state index contributed by atoms with van der Waals surface area (Å²) < 4.78 is 0. The molecule has 2 rings (SSSR count). The van der Waals surface area contributed by atoms with E-state index >= 15 is 0 Å². The van der Waals surface area contributed by atoms with E-state index in [0.717, 1.165) is 19.3 Å². The van der Waals surface area contributed by atoms with Crippen LogP contribution in [-0.4, -0.2) is 11.1 Å². The van der Waals surface area contributed by atoms with Gasteiger partial charge in [-0.2, -0.15) is 0 Å². The fourth-order valence-electron chi connectivity index (χ4n) is 2.18. The minimum Gasteiger partial charge on any atom is -0.298 e. The van der Waals surface area contributed by atoms with Gasteiger partial charge in [0.05, 0.1) is 5.33 Å². The summed E-state index contributed by atoms with van der Waals surface area (Å²) in [4.78, 5) is 11.7. The van der Waals surface area contributed by atoms with Gasteiger partial charge in [0.15, 0.2) is 5.78 Å². The Kier molecular flexibility index (Phi) is 3.02. The highest BCUT2D eigenvalue weighted by atomic mass is 79.9. The molecule has 1 aliphatic rings. The smallest absolute Gasteiger partial charge is 0.150 e. The van der Waals surface area contributed by atoms with Gasteiger partial charge in [0.25, 0.3) is 0 Å². The van der Waals surface area contributed by atoms with Crippen molar-refractivity contribution in [3.05, 3.63) is 35.4 Å². The molecule has 0 aliphatic heterocycles. The van der Waals surface area contributed by atoms with Gasteiger partial charge in [0.1, 0.15) is 0 Å². The zero-order valence-corrected chi connectivity index (χ0v) is 9.59. The first-order valence-electron chi connectivity index (χ1n) is 4.99. The van der Waals surface area contributed by atoms with Crippen LogP contribution in [0.2, 0.25) is 0 Å². The maximum Gasteiger partial charge on any atom is 0.150 e. The van der Waals surface area contributed by atoms with Crippen molar-refractivity contribution in [3.63, 3.8) is 0 Å². The van der Waals surface area contributed by atoms with Crippen LogP contribution in [0.25, 0.3) is 0 Å². The number of Topliss-reactive ketones (excluding diaryl/α,β-unsaturated/α-hetero) is 1. The lowest BCUT2D eigenvalue weighted by Gasteiger charge is -2.23. The van der Waals surface area contributed by atoms with Crippen molar-refractivity contribution >= 4 is 21.7 Å². The summed E-state index contributed by atoms with van der Waals surface area (Å²) in [5.41, 5.74) is 2.61. The van der Waals surface area contributed by atoms with Gasteiger partial charge in [-0.05, 0) is 30.4 Å². The number of alkyl halides is 1. The SMILES string of the molecule is O=C(CBr)[C@@H]1CCCc2ccccc21. The average molecular weight is 253 g/mol. The van der Waals surface area contributed by atoms with E-state index in [1.807, 2.05) is 6.07 Å². The van der Waals surface area contributed by atoms with Gasteiger partial charge in [-0.1, -0.05) is 40.2 Å². The Hall–Kier alpha value is -0.630. The number of fused-ring (bicyclic) bond motifs is 1. The molecule has 0 fully saturated rings. The Morgan fingerprint density at radius 2 is 2.21 bits per heavy atom. The van der Waals surface area contributed by atoms with Gasteiger partial charge >= 0.3 is 0 Å². The Morgan fingerprint density at radius 1 is 1.43 bits per heavy atom. The molecule has 0 amide bonds. The van der Waals surface area contributed by atoms with Crippen LogP contribution in [0.3, 0.4) is 0 Å². The molecular formula is C12H13BrO. The zero-order valence-electron chi connectivity index (χ0n) is 8.00. The van der Waals surface area contributed by atoms with Crippen LogP contribution in [0, 0.1) is 0 Å². The summed E-state index contributed by atoms with van der Waals surface area (Å²) >= 11 is 3.25. The maximum absolute atomic E-state index is 11.7. The van der Waals surface area contributed by atoms with E-state index in [9.17, 15) is 4.79 Å². The van der Waals surface area contributed by atoms with Gasteiger partial charge in [-0.3, -0.25) is 4.79 Å². The fourth-order valence-corrected chi connectivity index (χ4v) is 2.57. The third-order valence-corrected chi connectivity index (χ3v) is 3.44. The van der Waals surface area contributed by atoms with Crippen LogP contribution >= 0.6 is 15.9 Å². The summed E-state index contributed by atoms with van der Waals surface area (Å²) in [5, 5.41) is 0.478. The number of benzene rings is 1. The van der Waals surface area contributed by atoms with Crippen molar-refractivity contribution in [2.75, 3.05) is 5.33 Å². The molecule has 0 spiro atoms. The molecule has 0 saturated heterocycles. The van der Waals surface area contributed by atoms with Crippen LogP contribution < -0.4 is 0 Å². The summed E-state index contributed by atoms with van der Waals surface area (Å²) in [6, 6.07) is 8.32. The number of carbonyl (C=O) groups is 1. The summed E-state index contributed by atoms with van der Waals surface area (Å²) in [6.45, 7) is 0. The first-order valence-corrected chi connectivity index (χ1v) is 6.11. The number of carbonyl (C=O) groups excluding carboxylic acids is 1. The number of halogens is 1. The molecule has 0 saturated carbocycles. The molecule has 2 heteroatoms. The van der Waals surface area contributed by atoms with Crippen LogP contribution in [0.5, 0.6) is 0 Å². The molecule has 1 aliphatic carbocycles. The third kappa shape index (κ3) is 1.76. The molecule has 0 aromatic heterocycles. The molecule has 1 aromatic rings. The first-order chi connectivity index (χ1) is 6.83. The Labute approximate surface area is 92.6 Å². The highest BCUT2D eigenvalue weighted by Gasteiger charge is 2.24. The standard InChI is InChI=1S/C12H13BrO/c13-8-12(14)11-7-3-5-9-4-1-2-6-10(9)11/h1-2,4,6,11H,3,5,7-8H2/t11-/m1/s1. The molecule has 0 heterocycles. The fraction of sp³-hybridized carbons (Fsp3) is 0.417. The third-order valence-electron chi connectivity index (χ3n) is 2.89. The van der Waals surface area contributed by atoms with Gasteiger partial charge in [-0.15, -0.1) is 0 Å². The van der Waals surface area contributed by atoms with Gasteiger partial charge in [0, 0.05) is 5.92 Å². The van der Waals surface area contributed by atoms with Crippen molar-refractivity contribution in [2.45, 2.75) is 25.2 Å². The van der Waals surface area contributed by atoms with Crippen molar-refractivity contribution in [1.82, 2.24) is 0 Å². The average Bonchev–Trinajstić information content (AvgIpc) is 2.27. The number of hydrogen-bond donors (Lipinski definition) is 0. The molecule has 0 bridgehead atoms. The number of rotatable bonds is 2. The molecule has 1 nitrogen and oxygen atoms in total. The second kappa shape index (κ2) is 4.26. The normalized spacial score (nSPS) is 20.2. The monoisotopic (exact) mass is 252 g/mol. The van der Waals surface area contributed by atoms with Crippen LogP contribution in [0.1, 0.15) is 29.9 Å². The number of hydrogen-bond acceptors (Lipinski definition) is 1. The van der Waals surface area contributed by atoms with Crippen molar-refractivity contribution < 1.29 is 4.79 Å². The lowest BCUT2D eigenvalue weighted by atomic mass is 9.81. The van der Waals surface area contributed by atoms with Gasteiger partial charge in [0.2, 0.25) is 0 Å². The molecule has 1 atom stereocenters. The highest BCUT2D eigenvalue weighted by Crippen LogP contribution is 2.32. The lowest BCUT2D eigenvalue weighted by Crippen LogP contribution is -2.19. The van der Waals surface area contributed by atoms with E-state index in [1.165, 1.54) is 11.1 Å². The van der Waals surface area contributed by atoms with E-state index in [-0.39, 0.29) is 5.92 Å². The summed E-state index contributed by atoms with van der Waals surface area (Å²) in [6.07, 6.45) is 3.28. The molecule has 0 unspecified atom stereocenters. The quantitative estimate of drug-likeness (QED) is 0.740. The Bertz CT molecular complexity index is 346. The molecule has 74 valence electrons. The topological polar surface area (TPSA) is 17.1 Å². The van der Waals surface area contributed by atoms with Crippen molar-refractivity contribution in [2.24, 2.45) is 0 Å². The molecule has 1 aromatic carbocycles. The first kappa shape index (κ1) is 9.91. The van der Waals surface area contributed by atoms with Gasteiger partial charge in [-0.25, -0.2) is 0 Å². The summed E-state index contributed by atoms with van der Waals surface area (Å²) in [7, 11) is 0. The van der Waals surface area contributed by atoms with E-state index < -0.39 is 0 Å². The molecular weight excluding hydrogens is 240 g/mol. The van der Waals surface area contributed by atoms with E-state index in [2.05, 4.69) is 34.1 Å². The minimum absolute atomic E-state index is 0.138. The largest absolute Gasteiger partial charge is 0.298 e. The van der Waals surface area contributed by atoms with E-state index in [0.29, 0.717) is 11.1 Å². The molecule has 0 N–H and O–H groups in total. The molecule has 14 heavy (non-hydrogen) atoms. The van der Waals surface area contributed by atoms with Crippen LogP contribution in [0.4, 0.5) is 0 Å². The Balaban J connectivity index is 2.35. The predicted molar refractivity (Wildman–Crippen MR) is 60.9 cm³/mol. The maximum atomic E-state index is 11.7. The van der Waals surface area contributed by atoms with Crippen LogP contribution in [-0.2, 0) is 11.2 Å². The molecule has 0 radical (unpaired) electrons. The van der Waals surface area contributed by atoms with Crippen molar-refractivity contribution in [3.8, 4) is 0 Å². The highest BCUT2D eigenvalue weighted by molar-refractivity contribution is 9.09. The van der Waals surface area contributed by atoms with Crippen LogP contribution in [0.15, 0.2) is 24.3 Å². The van der Waals surface area contributed by atoms with E-state index in [4.69, 9.17) is 0 Å². The minimum atomic E-state index is 0.138. The number of ketones is 1. The number of aryl methyl sites for hydroxylation is 1. The van der Waals surface area contributed by atoms with Crippen molar-refractivity contribution in [1.29, 1.82) is 0 Å². The Morgan fingerprint density at radius 3 is 3.00 bits per heavy atom.